The fourth-order valence-corrected chi connectivity index (χ4v) is 5.57. The molecule has 0 aliphatic heterocycles. The molecule has 0 aromatic rings. The van der Waals surface area contributed by atoms with Crippen molar-refractivity contribution in [1.82, 2.24) is 5.32 Å². The van der Waals surface area contributed by atoms with Crippen molar-refractivity contribution in [2.75, 3.05) is 5.75 Å². The van der Waals surface area contributed by atoms with Crippen molar-refractivity contribution < 1.29 is 22.9 Å². The third kappa shape index (κ3) is 29.8. The standard InChI is InChI=1S/C34H63NO5S/c1-3-5-7-9-11-12-13-14-15-16-17-18-19-20-21-22-24-26-28-30-34(37)35-32(31-41(38,39)40)33(36)29-27-25-23-10-8-6-4-2/h11-12,14-15,17-18,32-33,36H,3-10,13,16,19-31H2,1-2H3,(H,35,37)(H,38,39,40)/b12-11-,15-14-,18-17-. The Hall–Kier alpha value is -1.44. The fraction of sp³-hybridized carbons (Fsp3) is 0.794. The lowest BCUT2D eigenvalue weighted by Gasteiger charge is -2.23. The van der Waals surface area contributed by atoms with E-state index in [1.165, 1.54) is 64.2 Å². The van der Waals surface area contributed by atoms with Gasteiger partial charge in [-0.05, 0) is 51.4 Å². The average molecular weight is 598 g/mol. The van der Waals surface area contributed by atoms with Gasteiger partial charge in [-0.2, -0.15) is 8.42 Å². The minimum absolute atomic E-state index is 0.264. The number of unbranched alkanes of at least 4 members (excludes halogenated alkanes) is 15. The first-order valence-corrected chi connectivity index (χ1v) is 18.3. The van der Waals surface area contributed by atoms with Crippen LogP contribution in [-0.4, -0.2) is 41.9 Å². The van der Waals surface area contributed by atoms with Crippen LogP contribution >= 0.6 is 0 Å². The summed E-state index contributed by atoms with van der Waals surface area (Å²) >= 11 is 0. The summed E-state index contributed by atoms with van der Waals surface area (Å²) in [7, 11) is -4.30. The molecule has 7 heteroatoms. The Bertz CT molecular complexity index is 791. The van der Waals surface area contributed by atoms with Crippen LogP contribution in [0, 0.1) is 0 Å². The molecule has 0 rings (SSSR count). The van der Waals surface area contributed by atoms with Gasteiger partial charge in [0.2, 0.25) is 5.91 Å². The Morgan fingerprint density at radius 2 is 1.10 bits per heavy atom. The van der Waals surface area contributed by atoms with Crippen molar-refractivity contribution in [2.24, 2.45) is 0 Å². The van der Waals surface area contributed by atoms with E-state index < -0.39 is 28.0 Å². The van der Waals surface area contributed by atoms with Crippen LogP contribution in [0.15, 0.2) is 36.5 Å². The molecule has 0 aliphatic rings. The quantitative estimate of drug-likeness (QED) is 0.0453. The Morgan fingerprint density at radius 1 is 0.659 bits per heavy atom. The van der Waals surface area contributed by atoms with Gasteiger partial charge in [0.1, 0.15) is 0 Å². The smallest absolute Gasteiger partial charge is 0.266 e. The summed E-state index contributed by atoms with van der Waals surface area (Å²) in [6.07, 6.45) is 35.3. The molecule has 2 atom stereocenters. The van der Waals surface area contributed by atoms with E-state index in [1.807, 2.05) is 0 Å². The summed E-state index contributed by atoms with van der Waals surface area (Å²) in [5.74, 6) is -0.919. The lowest BCUT2D eigenvalue weighted by Crippen LogP contribution is -2.47. The molecule has 2 unspecified atom stereocenters. The molecule has 0 saturated heterocycles. The normalized spacial score (nSPS) is 14.0. The number of hydrogen-bond donors (Lipinski definition) is 3. The first-order valence-electron chi connectivity index (χ1n) is 16.7. The number of rotatable bonds is 29. The van der Waals surface area contributed by atoms with E-state index in [0.29, 0.717) is 12.8 Å². The lowest BCUT2D eigenvalue weighted by atomic mass is 10.0. The molecule has 0 spiro atoms. The van der Waals surface area contributed by atoms with Crippen LogP contribution in [0.2, 0.25) is 0 Å². The Morgan fingerprint density at radius 3 is 1.66 bits per heavy atom. The molecule has 0 aliphatic carbocycles. The van der Waals surface area contributed by atoms with Crippen LogP contribution in [0.25, 0.3) is 0 Å². The molecular formula is C34H63NO5S. The minimum atomic E-state index is -4.30. The summed E-state index contributed by atoms with van der Waals surface area (Å²) < 4.78 is 32.1. The van der Waals surface area contributed by atoms with Gasteiger partial charge in [-0.15, -0.1) is 0 Å². The van der Waals surface area contributed by atoms with Gasteiger partial charge in [0.05, 0.1) is 17.9 Å². The lowest BCUT2D eigenvalue weighted by molar-refractivity contribution is -0.122. The second-order valence-corrected chi connectivity index (χ2v) is 12.9. The van der Waals surface area contributed by atoms with Crippen molar-refractivity contribution in [3.63, 3.8) is 0 Å². The molecule has 41 heavy (non-hydrogen) atoms. The first kappa shape index (κ1) is 39.6. The molecule has 0 saturated carbocycles. The van der Waals surface area contributed by atoms with E-state index in [1.54, 1.807) is 0 Å². The highest BCUT2D eigenvalue weighted by Gasteiger charge is 2.26. The Balaban J connectivity index is 3.92. The van der Waals surface area contributed by atoms with E-state index in [9.17, 15) is 22.9 Å². The molecule has 0 aromatic heterocycles. The summed E-state index contributed by atoms with van der Waals surface area (Å²) in [5, 5.41) is 13.2. The van der Waals surface area contributed by atoms with Gasteiger partial charge < -0.3 is 10.4 Å². The third-order valence-corrected chi connectivity index (χ3v) is 8.13. The molecule has 0 heterocycles. The molecule has 0 fully saturated rings. The Kier molecular flexibility index (Phi) is 27.7. The maximum absolute atomic E-state index is 12.4. The highest BCUT2D eigenvalue weighted by molar-refractivity contribution is 7.85. The third-order valence-electron chi connectivity index (χ3n) is 7.35. The number of nitrogens with one attached hydrogen (secondary N) is 1. The van der Waals surface area contributed by atoms with Crippen LogP contribution in [0.4, 0.5) is 0 Å². The van der Waals surface area contributed by atoms with E-state index in [4.69, 9.17) is 0 Å². The maximum atomic E-state index is 12.4. The van der Waals surface area contributed by atoms with Gasteiger partial charge in [-0.1, -0.05) is 134 Å². The summed E-state index contributed by atoms with van der Waals surface area (Å²) in [5.41, 5.74) is 0. The maximum Gasteiger partial charge on any atom is 0.266 e. The molecular weight excluding hydrogens is 534 g/mol. The second-order valence-electron chi connectivity index (χ2n) is 11.4. The molecule has 0 radical (unpaired) electrons. The molecule has 1 amide bonds. The number of amides is 1. The van der Waals surface area contributed by atoms with Crippen molar-refractivity contribution >= 4 is 16.0 Å². The fourth-order valence-electron chi connectivity index (χ4n) is 4.81. The first-order chi connectivity index (χ1) is 19.8. The zero-order valence-corrected chi connectivity index (χ0v) is 27.2. The molecule has 0 bridgehead atoms. The number of carbonyl (C=O) groups is 1. The number of allylic oxidation sites excluding steroid dienone is 6. The zero-order valence-electron chi connectivity index (χ0n) is 26.4. The monoisotopic (exact) mass is 597 g/mol. The Labute approximate surface area is 253 Å². The average Bonchev–Trinajstić information content (AvgIpc) is 2.92. The van der Waals surface area contributed by atoms with Crippen molar-refractivity contribution in [1.29, 1.82) is 0 Å². The van der Waals surface area contributed by atoms with E-state index in [0.717, 1.165) is 64.2 Å². The van der Waals surface area contributed by atoms with Crippen molar-refractivity contribution in [2.45, 2.75) is 167 Å². The molecule has 240 valence electrons. The predicted octanol–water partition coefficient (Wildman–Crippen LogP) is 9.01. The van der Waals surface area contributed by atoms with Gasteiger partial charge in [-0.25, -0.2) is 0 Å². The largest absolute Gasteiger partial charge is 0.391 e. The molecule has 0 aromatic carbocycles. The SMILES string of the molecule is CCCCC/C=C\C/C=C\C/C=C\CCCCCCCCC(=O)NC(CS(=O)(=O)O)C(O)CCCCCCCCC. The van der Waals surface area contributed by atoms with Gasteiger partial charge in [-0.3, -0.25) is 9.35 Å². The highest BCUT2D eigenvalue weighted by Crippen LogP contribution is 2.13. The highest BCUT2D eigenvalue weighted by atomic mass is 32.2. The zero-order chi connectivity index (χ0) is 30.4. The van der Waals surface area contributed by atoms with E-state index in [-0.39, 0.29) is 5.91 Å². The van der Waals surface area contributed by atoms with Crippen LogP contribution in [0.3, 0.4) is 0 Å². The van der Waals surface area contributed by atoms with Gasteiger partial charge in [0, 0.05) is 6.42 Å². The minimum Gasteiger partial charge on any atom is -0.391 e. The van der Waals surface area contributed by atoms with Gasteiger partial charge in [0.15, 0.2) is 0 Å². The summed E-state index contributed by atoms with van der Waals surface area (Å²) in [6, 6.07) is -0.974. The van der Waals surface area contributed by atoms with Crippen molar-refractivity contribution in [3.05, 3.63) is 36.5 Å². The molecule has 6 nitrogen and oxygen atoms in total. The second kappa shape index (κ2) is 28.7. The van der Waals surface area contributed by atoms with Crippen LogP contribution in [0.5, 0.6) is 0 Å². The summed E-state index contributed by atoms with van der Waals surface area (Å²) in [6.45, 7) is 4.41. The number of aliphatic hydroxyl groups excluding tert-OH is 1. The van der Waals surface area contributed by atoms with Crippen LogP contribution in [-0.2, 0) is 14.9 Å². The molecule has 3 N–H and O–H groups in total. The van der Waals surface area contributed by atoms with Gasteiger partial charge >= 0.3 is 0 Å². The number of hydrogen-bond acceptors (Lipinski definition) is 4. The summed E-state index contributed by atoms with van der Waals surface area (Å²) in [4.78, 5) is 12.4. The van der Waals surface area contributed by atoms with Gasteiger partial charge in [0.25, 0.3) is 10.1 Å². The van der Waals surface area contributed by atoms with Crippen LogP contribution in [0.1, 0.15) is 155 Å². The van der Waals surface area contributed by atoms with E-state index >= 15 is 0 Å². The van der Waals surface area contributed by atoms with E-state index in [2.05, 4.69) is 55.6 Å². The van der Waals surface area contributed by atoms with Crippen molar-refractivity contribution in [3.8, 4) is 0 Å². The number of aliphatic hydroxyl groups is 1. The predicted molar refractivity (Wildman–Crippen MR) is 175 cm³/mol. The number of carbonyl (C=O) groups excluding carboxylic acids is 1. The topological polar surface area (TPSA) is 104 Å². The van der Waals surface area contributed by atoms with Crippen LogP contribution < -0.4 is 5.32 Å².